The Morgan fingerprint density at radius 3 is 3.14 bits per heavy atom. The van der Waals surface area contributed by atoms with Crippen molar-refractivity contribution in [3.8, 4) is 0 Å². The molecule has 1 rings (SSSR count). The third-order valence-corrected chi connectivity index (χ3v) is 3.68. The van der Waals surface area contributed by atoms with Crippen LogP contribution in [-0.2, 0) is 9.09 Å². The first-order valence-electron chi connectivity index (χ1n) is 7.28. The van der Waals surface area contributed by atoms with E-state index in [0.717, 1.165) is 4.67 Å². The van der Waals surface area contributed by atoms with Gasteiger partial charge in [0.1, 0.15) is 1.41 Å². The molecule has 0 bridgehead atoms. The number of halogens is 2. The van der Waals surface area contributed by atoms with Crippen molar-refractivity contribution in [2.45, 2.75) is 6.37 Å². The van der Waals surface area contributed by atoms with E-state index in [1.165, 1.54) is 0 Å². The van der Waals surface area contributed by atoms with E-state index in [2.05, 4.69) is 0 Å². The number of hydrogen-bond acceptors (Lipinski definition) is 2. The van der Waals surface area contributed by atoms with Crippen LogP contribution in [0.3, 0.4) is 0 Å². The van der Waals surface area contributed by atoms with Gasteiger partial charge >= 0.3 is 7.67 Å². The molecule has 0 amide bonds. The molecule has 84 valence electrons. The Bertz CT molecular complexity index is 436. The van der Waals surface area contributed by atoms with Gasteiger partial charge in [0.2, 0.25) is 0 Å². The topological polar surface area (TPSA) is 41.6 Å². The van der Waals surface area contributed by atoms with Gasteiger partial charge in [0.25, 0.3) is 0 Å². The van der Waals surface area contributed by atoms with E-state index in [4.69, 9.17) is 37.4 Å². The highest BCUT2D eigenvalue weighted by Gasteiger charge is 2.32. The van der Waals surface area contributed by atoms with Crippen LogP contribution >= 0.6 is 30.9 Å². The summed E-state index contributed by atoms with van der Waals surface area (Å²) in [6.07, 6.45) is -2.55. The molecule has 0 radical (unpaired) electrons. The summed E-state index contributed by atoms with van der Waals surface area (Å²) >= 11 is 11.0. The van der Waals surface area contributed by atoms with Crippen molar-refractivity contribution in [3.63, 3.8) is 0 Å². The summed E-state index contributed by atoms with van der Waals surface area (Å²) in [6, 6.07) is 0. The maximum absolute atomic E-state index is 12.8. The Morgan fingerprint density at radius 2 is 2.50 bits per heavy atom. The molecule has 0 aromatic rings. The molecule has 0 aromatic heterocycles. The van der Waals surface area contributed by atoms with Crippen LogP contribution in [0.5, 0.6) is 0 Å². The van der Waals surface area contributed by atoms with Gasteiger partial charge in [0.15, 0.2) is 0 Å². The van der Waals surface area contributed by atoms with Crippen LogP contribution in [0.4, 0.5) is 0 Å². The van der Waals surface area contributed by atoms with Gasteiger partial charge in [-0.2, -0.15) is 0 Å². The standard InChI is InChI=1S/C7H15Cl2N2O2P/c8-2-5-11(6-3-9)14(12)10-4-1-7-13-14/h1-7H2,(H,10,12)/i1D2,2D2,7D2/hD. The van der Waals surface area contributed by atoms with E-state index in [9.17, 15) is 4.57 Å². The Kier molecular flexibility index (Phi) is 2.64. The lowest BCUT2D eigenvalue weighted by Crippen LogP contribution is -2.35. The fourth-order valence-corrected chi connectivity index (χ4v) is 2.82. The van der Waals surface area contributed by atoms with Crippen molar-refractivity contribution in [3.05, 3.63) is 0 Å². The second-order valence-corrected chi connectivity index (χ2v) is 5.03. The normalized spacial score (nSPS) is 45.2. The van der Waals surface area contributed by atoms with Gasteiger partial charge in [-0.15, -0.1) is 23.2 Å². The van der Waals surface area contributed by atoms with Crippen LogP contribution in [0.1, 0.15) is 14.6 Å². The summed E-state index contributed by atoms with van der Waals surface area (Å²) in [6.45, 7) is -4.49. The molecule has 0 spiro atoms. The van der Waals surface area contributed by atoms with Crippen molar-refractivity contribution in [1.29, 1.82) is 0 Å². The molecule has 1 aliphatic heterocycles. The zero-order chi connectivity index (χ0) is 16.7. The number of alkyl halides is 2. The lowest BCUT2D eigenvalue weighted by molar-refractivity contribution is 0.233. The molecule has 0 aliphatic carbocycles. The molecule has 14 heavy (non-hydrogen) atoms. The smallest absolute Gasteiger partial charge is 0.306 e. The second-order valence-electron chi connectivity index (χ2n) is 2.37. The van der Waals surface area contributed by atoms with Gasteiger partial charge in [-0.3, -0.25) is 4.57 Å². The highest BCUT2D eigenvalue weighted by molar-refractivity contribution is 7.54. The van der Waals surface area contributed by atoms with Gasteiger partial charge in [0, 0.05) is 36.8 Å². The molecule has 0 aromatic carbocycles. The predicted octanol–water partition coefficient (Wildman–Crippen LogP) is 1.88. The number of nitrogens with zero attached hydrogens (tertiary/aromatic N) is 1. The quantitative estimate of drug-likeness (QED) is 0.610. The first kappa shape index (κ1) is 5.85. The van der Waals surface area contributed by atoms with Gasteiger partial charge in [-0.05, 0) is 6.37 Å². The molecule has 1 N–H and O–H groups in total. The molecule has 1 aliphatic rings. The summed E-state index contributed by atoms with van der Waals surface area (Å²) in [7, 11) is -4.32. The molecule has 1 fully saturated rings. The maximum Gasteiger partial charge on any atom is 0.343 e. The molecule has 1 heterocycles. The average Bonchev–Trinajstić information content (AvgIpc) is 2.23. The molecule has 1 unspecified atom stereocenters. The Labute approximate surface area is 104 Å². The first-order valence-corrected chi connectivity index (χ1v) is 6.27. The molecule has 4 nitrogen and oxygen atoms in total. The van der Waals surface area contributed by atoms with Crippen molar-refractivity contribution >= 4 is 30.9 Å². The molecular weight excluding hydrogens is 246 g/mol. The van der Waals surface area contributed by atoms with Crippen molar-refractivity contribution in [2.24, 2.45) is 0 Å². The predicted molar refractivity (Wildman–Crippen MR) is 59.2 cm³/mol. The number of rotatable bonds is 5. The van der Waals surface area contributed by atoms with Crippen LogP contribution in [0.2, 0.25) is 1.41 Å². The summed E-state index contributed by atoms with van der Waals surface area (Å²) in [4.78, 5) is 0. The van der Waals surface area contributed by atoms with Gasteiger partial charge in [0.05, 0.1) is 9.30 Å². The Hall–Kier alpha value is 0.690. The molecule has 0 saturated carbocycles. The molecular formula is C7H15Cl2N2O2P. The van der Waals surface area contributed by atoms with E-state index in [0.29, 0.717) is 5.08 Å². The fourth-order valence-electron chi connectivity index (χ4n) is 0.886. The van der Waals surface area contributed by atoms with Crippen LogP contribution in [-0.4, -0.2) is 42.6 Å². The lowest BCUT2D eigenvalue weighted by atomic mass is 10.5. The number of hydrogen-bond donors (Lipinski definition) is 1. The maximum atomic E-state index is 12.8. The third-order valence-electron chi connectivity index (χ3n) is 1.51. The van der Waals surface area contributed by atoms with E-state index >= 15 is 0 Å². The van der Waals surface area contributed by atoms with E-state index < -0.39 is 39.5 Å². The Balaban J connectivity index is 3.13. The second kappa shape index (κ2) is 6.31. The van der Waals surface area contributed by atoms with Crippen molar-refractivity contribution < 1.29 is 18.7 Å². The average molecular weight is 268 g/mol. The van der Waals surface area contributed by atoms with E-state index in [1.807, 2.05) is 0 Å². The SMILES string of the molecule is [2H]N1CC([2H])([2H])C([2H])([2H])OP1(=O)N(CCCl)CC([2H])([2H])Cl. The van der Waals surface area contributed by atoms with Crippen LogP contribution in [0.25, 0.3) is 0 Å². The summed E-state index contributed by atoms with van der Waals surface area (Å²) in [5, 5.41) is 0.295. The minimum Gasteiger partial charge on any atom is -0.306 e. The van der Waals surface area contributed by atoms with Gasteiger partial charge in [-0.1, -0.05) is 0 Å². The number of nitrogens with one attached hydrogen (secondary N) is 1. The van der Waals surface area contributed by atoms with E-state index in [-0.39, 0.29) is 12.4 Å². The lowest BCUT2D eigenvalue weighted by Gasteiger charge is -2.33. The fraction of sp³-hybridized carbons (Fsp3) is 1.00. The Morgan fingerprint density at radius 1 is 1.71 bits per heavy atom. The van der Waals surface area contributed by atoms with E-state index in [1.54, 1.807) is 0 Å². The molecule has 1 saturated heterocycles. The van der Waals surface area contributed by atoms with Crippen molar-refractivity contribution in [1.82, 2.24) is 9.75 Å². The molecule has 1 atom stereocenters. The van der Waals surface area contributed by atoms with Crippen LogP contribution < -0.4 is 5.08 Å². The first-order chi connectivity index (χ1) is 9.25. The van der Waals surface area contributed by atoms with Crippen LogP contribution in [0.15, 0.2) is 0 Å². The monoisotopic (exact) mass is 267 g/mol. The minimum atomic E-state index is -4.32. The zero-order valence-corrected chi connectivity index (χ0v) is 9.65. The highest BCUT2D eigenvalue weighted by atomic mass is 35.5. The van der Waals surface area contributed by atoms with Gasteiger partial charge < -0.3 is 4.52 Å². The third kappa shape index (κ3) is 3.37. The minimum absolute atomic E-state index is 0.0793. The van der Waals surface area contributed by atoms with Crippen molar-refractivity contribution in [2.75, 3.05) is 37.9 Å². The summed E-state index contributed by atoms with van der Waals surface area (Å²) in [5.74, 6) is -2.37. The van der Waals surface area contributed by atoms with Crippen LogP contribution in [0, 0.1) is 0 Å². The van der Waals surface area contributed by atoms with Gasteiger partial charge in [-0.25, -0.2) is 9.75 Å². The highest BCUT2D eigenvalue weighted by Crippen LogP contribution is 2.47. The largest absolute Gasteiger partial charge is 0.343 e. The zero-order valence-electron chi connectivity index (χ0n) is 14.2. The molecule has 7 heteroatoms. The summed E-state index contributed by atoms with van der Waals surface area (Å²) in [5.41, 5.74) is 0. The summed E-state index contributed by atoms with van der Waals surface area (Å²) < 4.78 is 70.7.